The van der Waals surface area contributed by atoms with E-state index in [2.05, 4.69) is 10.5 Å². The zero-order valence-corrected chi connectivity index (χ0v) is 18.8. The summed E-state index contributed by atoms with van der Waals surface area (Å²) in [5, 5.41) is 14.7. The number of nitro benzene ring substituents is 1. The molecule has 1 amide bonds. The van der Waals surface area contributed by atoms with E-state index in [9.17, 15) is 14.9 Å². The Hall–Kier alpha value is -4.60. The predicted molar refractivity (Wildman–Crippen MR) is 125 cm³/mol. The number of nitrogens with one attached hydrogen (secondary N) is 1. The summed E-state index contributed by atoms with van der Waals surface area (Å²) >= 11 is 0. The maximum Gasteiger partial charge on any atom is 0.271 e. The van der Waals surface area contributed by atoms with Gasteiger partial charge in [0.15, 0.2) is 11.5 Å². The van der Waals surface area contributed by atoms with E-state index < -0.39 is 10.8 Å². The van der Waals surface area contributed by atoms with E-state index in [4.69, 9.17) is 18.9 Å². The molecule has 0 bridgehead atoms. The third-order valence-electron chi connectivity index (χ3n) is 4.72. The number of hydrogen-bond acceptors (Lipinski definition) is 8. The van der Waals surface area contributed by atoms with Crippen molar-refractivity contribution >= 4 is 17.8 Å². The molecule has 0 aromatic heterocycles. The minimum atomic E-state index is -0.454. The number of nitrogens with zero attached hydrogens (tertiary/aromatic N) is 2. The summed E-state index contributed by atoms with van der Waals surface area (Å²) in [7, 11) is 4.51. The molecule has 3 aromatic rings. The predicted octanol–water partition coefficient (Wildman–Crippen LogP) is 3.96. The number of ether oxygens (including phenoxy) is 4. The summed E-state index contributed by atoms with van der Waals surface area (Å²) in [4.78, 5) is 22.7. The van der Waals surface area contributed by atoms with Crippen LogP contribution in [0.25, 0.3) is 0 Å². The molecule has 0 saturated carbocycles. The highest BCUT2D eigenvalue weighted by Gasteiger charge is 2.10. The molecule has 0 saturated heterocycles. The standard InChI is InChI=1S/C24H23N3O7/c1-31-20-11-18(12-21(13-20)32-2)24(28)26-25-14-17-6-9-22(23(10-17)33-3)34-15-16-4-7-19(8-5-16)27(29)30/h4-14H,15H2,1-3H3,(H,26,28). The van der Waals surface area contributed by atoms with E-state index in [0.29, 0.717) is 34.1 Å². The lowest BCUT2D eigenvalue weighted by Gasteiger charge is -2.11. The number of carbonyl (C=O) groups is 1. The highest BCUT2D eigenvalue weighted by molar-refractivity contribution is 5.95. The Balaban J connectivity index is 1.63. The molecule has 0 radical (unpaired) electrons. The van der Waals surface area contributed by atoms with Gasteiger partial charge in [0, 0.05) is 23.8 Å². The Bertz CT molecular complexity index is 1170. The summed E-state index contributed by atoms with van der Waals surface area (Å²) in [5.41, 5.74) is 4.25. The lowest BCUT2D eigenvalue weighted by atomic mass is 10.2. The molecule has 0 aliphatic carbocycles. The molecule has 0 aliphatic heterocycles. The van der Waals surface area contributed by atoms with Crippen LogP contribution in [-0.4, -0.2) is 38.4 Å². The van der Waals surface area contributed by atoms with Crippen molar-refractivity contribution in [2.45, 2.75) is 6.61 Å². The number of carbonyl (C=O) groups excluding carboxylic acids is 1. The first-order chi connectivity index (χ1) is 16.4. The Morgan fingerprint density at radius 2 is 1.62 bits per heavy atom. The van der Waals surface area contributed by atoms with Crippen molar-refractivity contribution in [2.24, 2.45) is 5.10 Å². The fraction of sp³-hybridized carbons (Fsp3) is 0.167. The van der Waals surface area contributed by atoms with Gasteiger partial charge in [0.2, 0.25) is 0 Å². The number of amides is 1. The van der Waals surface area contributed by atoms with Crippen molar-refractivity contribution in [3.8, 4) is 23.0 Å². The van der Waals surface area contributed by atoms with Crippen LogP contribution in [0.5, 0.6) is 23.0 Å². The first-order valence-electron chi connectivity index (χ1n) is 10.0. The van der Waals surface area contributed by atoms with E-state index in [1.807, 2.05) is 0 Å². The van der Waals surface area contributed by atoms with Crippen molar-refractivity contribution in [1.29, 1.82) is 0 Å². The number of benzene rings is 3. The second-order valence-electron chi connectivity index (χ2n) is 6.92. The molecule has 1 N–H and O–H groups in total. The normalized spacial score (nSPS) is 10.6. The molecule has 0 atom stereocenters. The SMILES string of the molecule is COc1cc(OC)cc(C(=O)NN=Cc2ccc(OCc3ccc([N+](=O)[O-])cc3)c(OC)c2)c1. The average molecular weight is 465 g/mol. The van der Waals surface area contributed by atoms with Crippen LogP contribution in [0, 0.1) is 10.1 Å². The molecular formula is C24H23N3O7. The molecule has 3 rings (SSSR count). The van der Waals surface area contributed by atoms with Crippen LogP contribution >= 0.6 is 0 Å². The van der Waals surface area contributed by atoms with Crippen LogP contribution in [0.15, 0.2) is 65.8 Å². The molecule has 0 unspecified atom stereocenters. The van der Waals surface area contributed by atoms with Crippen LogP contribution in [0.2, 0.25) is 0 Å². The quantitative estimate of drug-likeness (QED) is 0.273. The van der Waals surface area contributed by atoms with E-state index in [1.165, 1.54) is 39.7 Å². The van der Waals surface area contributed by atoms with Crippen molar-refractivity contribution < 1.29 is 28.7 Å². The minimum absolute atomic E-state index is 0.0163. The minimum Gasteiger partial charge on any atom is -0.497 e. The zero-order chi connectivity index (χ0) is 24.5. The van der Waals surface area contributed by atoms with Gasteiger partial charge < -0.3 is 18.9 Å². The van der Waals surface area contributed by atoms with Crippen LogP contribution < -0.4 is 24.4 Å². The van der Waals surface area contributed by atoms with Crippen molar-refractivity contribution in [3.63, 3.8) is 0 Å². The number of hydrogen-bond donors (Lipinski definition) is 1. The Morgan fingerprint density at radius 1 is 0.941 bits per heavy atom. The summed E-state index contributed by atoms with van der Waals surface area (Å²) < 4.78 is 21.5. The Morgan fingerprint density at radius 3 is 2.21 bits per heavy atom. The molecule has 0 spiro atoms. The molecule has 3 aromatic carbocycles. The molecule has 176 valence electrons. The summed E-state index contributed by atoms with van der Waals surface area (Å²) in [6, 6.07) is 16.1. The monoisotopic (exact) mass is 465 g/mol. The number of hydrazone groups is 1. The third kappa shape index (κ3) is 6.22. The van der Waals surface area contributed by atoms with Gasteiger partial charge in [-0.1, -0.05) is 0 Å². The second-order valence-corrected chi connectivity index (χ2v) is 6.92. The Kier molecular flexibility index (Phi) is 8.01. The lowest BCUT2D eigenvalue weighted by Crippen LogP contribution is -2.17. The van der Waals surface area contributed by atoms with Crippen LogP contribution in [0.3, 0.4) is 0 Å². The van der Waals surface area contributed by atoms with Gasteiger partial charge in [-0.2, -0.15) is 5.10 Å². The first kappa shape index (κ1) is 24.1. The van der Waals surface area contributed by atoms with Gasteiger partial charge in [-0.25, -0.2) is 5.43 Å². The Labute approximate surface area is 195 Å². The molecule has 0 aliphatic rings. The summed E-state index contributed by atoms with van der Waals surface area (Å²) in [6.45, 7) is 0.210. The van der Waals surface area contributed by atoms with E-state index in [1.54, 1.807) is 48.5 Å². The average Bonchev–Trinajstić information content (AvgIpc) is 2.87. The second kappa shape index (κ2) is 11.3. The highest BCUT2D eigenvalue weighted by Crippen LogP contribution is 2.28. The van der Waals surface area contributed by atoms with Crippen molar-refractivity contribution in [2.75, 3.05) is 21.3 Å². The molecule has 10 nitrogen and oxygen atoms in total. The zero-order valence-electron chi connectivity index (χ0n) is 18.8. The number of rotatable bonds is 10. The largest absolute Gasteiger partial charge is 0.497 e. The number of methoxy groups -OCH3 is 3. The van der Waals surface area contributed by atoms with Gasteiger partial charge in [-0.15, -0.1) is 0 Å². The molecule has 34 heavy (non-hydrogen) atoms. The first-order valence-corrected chi connectivity index (χ1v) is 10.0. The van der Waals surface area contributed by atoms with E-state index in [0.717, 1.165) is 5.56 Å². The molecule has 10 heteroatoms. The fourth-order valence-electron chi connectivity index (χ4n) is 2.93. The van der Waals surface area contributed by atoms with Crippen LogP contribution in [-0.2, 0) is 6.61 Å². The van der Waals surface area contributed by atoms with Gasteiger partial charge in [0.25, 0.3) is 11.6 Å². The van der Waals surface area contributed by atoms with Crippen molar-refractivity contribution in [3.05, 3.63) is 87.5 Å². The summed E-state index contributed by atoms with van der Waals surface area (Å²) in [5.74, 6) is 1.51. The molecule has 0 fully saturated rings. The number of non-ortho nitro benzene ring substituents is 1. The van der Waals surface area contributed by atoms with Gasteiger partial charge in [-0.05, 0) is 53.6 Å². The van der Waals surface area contributed by atoms with E-state index in [-0.39, 0.29) is 12.3 Å². The summed E-state index contributed by atoms with van der Waals surface area (Å²) in [6.07, 6.45) is 1.47. The maximum atomic E-state index is 12.4. The van der Waals surface area contributed by atoms with Crippen LogP contribution in [0.1, 0.15) is 21.5 Å². The smallest absolute Gasteiger partial charge is 0.271 e. The third-order valence-corrected chi connectivity index (χ3v) is 4.72. The number of nitro groups is 1. The van der Waals surface area contributed by atoms with Gasteiger partial charge in [0.05, 0.1) is 32.5 Å². The van der Waals surface area contributed by atoms with Gasteiger partial charge >= 0.3 is 0 Å². The topological polar surface area (TPSA) is 122 Å². The molecular weight excluding hydrogens is 442 g/mol. The van der Waals surface area contributed by atoms with Gasteiger partial charge in [0.1, 0.15) is 18.1 Å². The van der Waals surface area contributed by atoms with Crippen LogP contribution in [0.4, 0.5) is 5.69 Å². The maximum absolute atomic E-state index is 12.4. The van der Waals surface area contributed by atoms with E-state index >= 15 is 0 Å². The highest BCUT2D eigenvalue weighted by atomic mass is 16.6. The van der Waals surface area contributed by atoms with Crippen molar-refractivity contribution in [1.82, 2.24) is 5.43 Å². The van der Waals surface area contributed by atoms with Gasteiger partial charge in [-0.3, -0.25) is 14.9 Å². The fourth-order valence-corrected chi connectivity index (χ4v) is 2.93. The lowest BCUT2D eigenvalue weighted by molar-refractivity contribution is -0.384. The molecule has 0 heterocycles.